The minimum absolute atomic E-state index is 0.316. The van der Waals surface area contributed by atoms with Crippen molar-refractivity contribution in [2.75, 3.05) is 26.2 Å². The molecule has 5 heteroatoms. The van der Waals surface area contributed by atoms with Gasteiger partial charge in [-0.05, 0) is 19.4 Å². The van der Waals surface area contributed by atoms with E-state index in [0.717, 1.165) is 37.4 Å². The number of aromatic nitrogens is 2. The van der Waals surface area contributed by atoms with Gasteiger partial charge < -0.3 is 4.52 Å². The van der Waals surface area contributed by atoms with Crippen molar-refractivity contribution in [2.45, 2.75) is 51.6 Å². The highest BCUT2D eigenvalue weighted by molar-refractivity contribution is 4.93. The topological polar surface area (TPSA) is 45.4 Å². The Labute approximate surface area is 115 Å². The molecule has 0 bridgehead atoms. The zero-order chi connectivity index (χ0) is 13.2. The summed E-state index contributed by atoms with van der Waals surface area (Å²) in [6.07, 6.45) is 4.10. The van der Waals surface area contributed by atoms with Crippen molar-refractivity contribution in [3.05, 3.63) is 11.7 Å². The normalized spacial score (nSPS) is 25.7. The minimum Gasteiger partial charge on any atom is -0.339 e. The fourth-order valence-electron chi connectivity index (χ4n) is 3.13. The van der Waals surface area contributed by atoms with Crippen molar-refractivity contribution in [1.82, 2.24) is 19.9 Å². The standard InChI is InChI=1S/C14H24N4O/c1-11(2)14-15-13(16-19-14)10-17-7-8-18-6-4-3-5-12(18)9-17/h11-12H,3-10H2,1-2H3. The number of hydrogen-bond acceptors (Lipinski definition) is 5. The fourth-order valence-corrected chi connectivity index (χ4v) is 3.13. The molecule has 2 saturated heterocycles. The Morgan fingerprint density at radius 1 is 1.26 bits per heavy atom. The molecule has 0 aromatic carbocycles. The molecule has 2 aliphatic heterocycles. The van der Waals surface area contributed by atoms with Gasteiger partial charge in [0.2, 0.25) is 5.89 Å². The van der Waals surface area contributed by atoms with E-state index in [1.54, 1.807) is 0 Å². The molecule has 3 rings (SSSR count). The monoisotopic (exact) mass is 264 g/mol. The van der Waals surface area contributed by atoms with Crippen LogP contribution < -0.4 is 0 Å². The van der Waals surface area contributed by atoms with E-state index in [-0.39, 0.29) is 0 Å². The predicted molar refractivity (Wildman–Crippen MR) is 72.9 cm³/mol. The van der Waals surface area contributed by atoms with Crippen molar-refractivity contribution in [2.24, 2.45) is 0 Å². The molecular weight excluding hydrogens is 240 g/mol. The van der Waals surface area contributed by atoms with E-state index >= 15 is 0 Å². The van der Waals surface area contributed by atoms with Crippen LogP contribution >= 0.6 is 0 Å². The second-order valence-corrected chi connectivity index (χ2v) is 6.12. The smallest absolute Gasteiger partial charge is 0.229 e. The van der Waals surface area contributed by atoms with Crippen LogP contribution in [0, 0.1) is 0 Å². The average molecular weight is 264 g/mol. The zero-order valence-electron chi connectivity index (χ0n) is 12.0. The average Bonchev–Trinajstić information content (AvgIpc) is 2.87. The van der Waals surface area contributed by atoms with Gasteiger partial charge in [-0.2, -0.15) is 4.98 Å². The Morgan fingerprint density at radius 2 is 2.16 bits per heavy atom. The van der Waals surface area contributed by atoms with Gasteiger partial charge in [0.25, 0.3) is 0 Å². The molecule has 1 atom stereocenters. The number of piperidine rings is 1. The van der Waals surface area contributed by atoms with Crippen LogP contribution in [0.2, 0.25) is 0 Å². The largest absolute Gasteiger partial charge is 0.339 e. The van der Waals surface area contributed by atoms with Crippen LogP contribution in [0.4, 0.5) is 0 Å². The molecule has 0 amide bonds. The van der Waals surface area contributed by atoms with Crippen LogP contribution in [0.25, 0.3) is 0 Å². The third kappa shape index (κ3) is 2.98. The highest BCUT2D eigenvalue weighted by atomic mass is 16.5. The fraction of sp³-hybridized carbons (Fsp3) is 0.857. The molecule has 0 aliphatic carbocycles. The van der Waals surface area contributed by atoms with Gasteiger partial charge in [-0.3, -0.25) is 9.80 Å². The third-order valence-corrected chi connectivity index (χ3v) is 4.26. The van der Waals surface area contributed by atoms with Gasteiger partial charge >= 0.3 is 0 Å². The quantitative estimate of drug-likeness (QED) is 0.834. The SMILES string of the molecule is CC(C)c1nc(CN2CCN3CCCCC3C2)no1. The summed E-state index contributed by atoms with van der Waals surface area (Å²) in [6.45, 7) is 9.77. The van der Waals surface area contributed by atoms with Crippen molar-refractivity contribution in [1.29, 1.82) is 0 Å². The van der Waals surface area contributed by atoms with E-state index in [1.165, 1.54) is 32.4 Å². The summed E-state index contributed by atoms with van der Waals surface area (Å²) in [5, 5.41) is 4.09. The molecule has 3 heterocycles. The van der Waals surface area contributed by atoms with E-state index in [0.29, 0.717) is 5.92 Å². The van der Waals surface area contributed by atoms with Crippen molar-refractivity contribution >= 4 is 0 Å². The lowest BCUT2D eigenvalue weighted by Crippen LogP contribution is -2.54. The minimum atomic E-state index is 0.316. The first-order valence-electron chi connectivity index (χ1n) is 7.51. The lowest BCUT2D eigenvalue weighted by molar-refractivity contribution is 0.0441. The van der Waals surface area contributed by atoms with E-state index in [2.05, 4.69) is 33.8 Å². The number of fused-ring (bicyclic) bond motifs is 1. The summed E-state index contributed by atoms with van der Waals surface area (Å²) in [4.78, 5) is 9.60. The van der Waals surface area contributed by atoms with Gasteiger partial charge in [0.15, 0.2) is 5.82 Å². The molecule has 1 unspecified atom stereocenters. The Bertz CT molecular complexity index is 417. The first-order chi connectivity index (χ1) is 9.22. The molecule has 19 heavy (non-hydrogen) atoms. The van der Waals surface area contributed by atoms with Crippen LogP contribution in [0.5, 0.6) is 0 Å². The summed E-state index contributed by atoms with van der Waals surface area (Å²) in [6, 6.07) is 0.749. The number of rotatable bonds is 3. The molecule has 1 aromatic rings. The summed E-state index contributed by atoms with van der Waals surface area (Å²) >= 11 is 0. The van der Waals surface area contributed by atoms with E-state index in [9.17, 15) is 0 Å². The molecule has 0 spiro atoms. The zero-order valence-corrected chi connectivity index (χ0v) is 12.0. The van der Waals surface area contributed by atoms with Gasteiger partial charge in [-0.15, -0.1) is 0 Å². The highest BCUT2D eigenvalue weighted by Crippen LogP contribution is 2.22. The van der Waals surface area contributed by atoms with E-state index in [1.807, 2.05) is 0 Å². The molecule has 5 nitrogen and oxygen atoms in total. The Kier molecular flexibility index (Phi) is 3.84. The number of nitrogens with zero attached hydrogens (tertiary/aromatic N) is 4. The molecular formula is C14H24N4O. The van der Waals surface area contributed by atoms with Crippen molar-refractivity contribution < 1.29 is 4.52 Å². The molecule has 2 fully saturated rings. The molecule has 0 N–H and O–H groups in total. The maximum Gasteiger partial charge on any atom is 0.229 e. The molecule has 0 saturated carbocycles. The second kappa shape index (κ2) is 5.59. The number of piperazine rings is 1. The van der Waals surface area contributed by atoms with E-state index < -0.39 is 0 Å². The van der Waals surface area contributed by atoms with Gasteiger partial charge in [0.05, 0.1) is 6.54 Å². The van der Waals surface area contributed by atoms with Gasteiger partial charge in [0.1, 0.15) is 0 Å². The van der Waals surface area contributed by atoms with Gasteiger partial charge in [-0.1, -0.05) is 25.4 Å². The van der Waals surface area contributed by atoms with Crippen molar-refractivity contribution in [3.63, 3.8) is 0 Å². The van der Waals surface area contributed by atoms with Gasteiger partial charge in [-0.25, -0.2) is 0 Å². The summed E-state index contributed by atoms with van der Waals surface area (Å²) in [5.41, 5.74) is 0. The first-order valence-corrected chi connectivity index (χ1v) is 7.51. The summed E-state index contributed by atoms with van der Waals surface area (Å²) in [7, 11) is 0. The predicted octanol–water partition coefficient (Wildman–Crippen LogP) is 1.86. The molecule has 0 radical (unpaired) electrons. The first kappa shape index (κ1) is 13.1. The maximum atomic E-state index is 5.28. The van der Waals surface area contributed by atoms with Crippen molar-refractivity contribution in [3.8, 4) is 0 Å². The third-order valence-electron chi connectivity index (χ3n) is 4.26. The molecule has 106 valence electrons. The highest BCUT2D eigenvalue weighted by Gasteiger charge is 2.29. The lowest BCUT2D eigenvalue weighted by Gasteiger charge is -2.43. The van der Waals surface area contributed by atoms with E-state index in [4.69, 9.17) is 4.52 Å². The number of hydrogen-bond donors (Lipinski definition) is 0. The Morgan fingerprint density at radius 3 is 2.95 bits per heavy atom. The van der Waals surface area contributed by atoms with Crippen LogP contribution in [0.15, 0.2) is 4.52 Å². The summed E-state index contributed by atoms with van der Waals surface area (Å²) < 4.78 is 5.28. The van der Waals surface area contributed by atoms with Crippen LogP contribution in [0.3, 0.4) is 0 Å². The van der Waals surface area contributed by atoms with Gasteiger partial charge in [0, 0.05) is 31.6 Å². The lowest BCUT2D eigenvalue weighted by atomic mass is 9.99. The second-order valence-electron chi connectivity index (χ2n) is 6.12. The van der Waals surface area contributed by atoms with Crippen LogP contribution in [-0.4, -0.2) is 52.2 Å². The molecule has 2 aliphatic rings. The maximum absolute atomic E-state index is 5.28. The van der Waals surface area contributed by atoms with Crippen LogP contribution in [0.1, 0.15) is 50.7 Å². The summed E-state index contributed by atoms with van der Waals surface area (Å²) in [5.74, 6) is 1.91. The molecule has 1 aromatic heterocycles. The Balaban J connectivity index is 1.57. The van der Waals surface area contributed by atoms with Crippen LogP contribution in [-0.2, 0) is 6.54 Å². The Hall–Kier alpha value is -0.940.